The first-order valence-corrected chi connectivity index (χ1v) is 7.65. The predicted molar refractivity (Wildman–Crippen MR) is 80.1 cm³/mol. The third kappa shape index (κ3) is 2.81. The molecular weight excluding hydrogens is 250 g/mol. The van der Waals surface area contributed by atoms with Gasteiger partial charge in [0, 0.05) is 49.0 Å². The number of hydrogen-bond donors (Lipinski definition) is 1. The minimum absolute atomic E-state index is 0.615. The summed E-state index contributed by atoms with van der Waals surface area (Å²) in [6.45, 7) is 7.44. The van der Waals surface area contributed by atoms with E-state index < -0.39 is 0 Å². The van der Waals surface area contributed by atoms with E-state index in [1.807, 2.05) is 13.1 Å². The highest BCUT2D eigenvalue weighted by Crippen LogP contribution is 2.30. The molecule has 4 nitrogen and oxygen atoms in total. The molecule has 0 radical (unpaired) electrons. The Morgan fingerprint density at radius 2 is 2.15 bits per heavy atom. The molecule has 2 fully saturated rings. The van der Waals surface area contributed by atoms with Gasteiger partial charge in [0.1, 0.15) is 5.75 Å². The minimum Gasteiger partial charge on any atom is -0.496 e. The van der Waals surface area contributed by atoms with Gasteiger partial charge < -0.3 is 10.1 Å². The zero-order valence-corrected chi connectivity index (χ0v) is 12.8. The van der Waals surface area contributed by atoms with Gasteiger partial charge in [0.15, 0.2) is 0 Å². The lowest BCUT2D eigenvalue weighted by atomic mass is 10.1. The van der Waals surface area contributed by atoms with Gasteiger partial charge in [-0.1, -0.05) is 0 Å². The Morgan fingerprint density at radius 1 is 1.35 bits per heavy atom. The van der Waals surface area contributed by atoms with Crippen molar-refractivity contribution in [2.75, 3.05) is 20.2 Å². The van der Waals surface area contributed by atoms with Crippen LogP contribution in [0.15, 0.2) is 6.20 Å². The van der Waals surface area contributed by atoms with Crippen LogP contribution in [-0.2, 0) is 6.54 Å². The molecule has 110 valence electrons. The van der Waals surface area contributed by atoms with Crippen LogP contribution in [0, 0.1) is 13.8 Å². The molecule has 1 saturated carbocycles. The van der Waals surface area contributed by atoms with Gasteiger partial charge in [-0.05, 0) is 33.1 Å². The first kappa shape index (κ1) is 13.8. The second-order valence-electron chi connectivity index (χ2n) is 6.14. The van der Waals surface area contributed by atoms with Crippen LogP contribution in [0.4, 0.5) is 0 Å². The fraction of sp³-hybridized carbons (Fsp3) is 0.688. The van der Waals surface area contributed by atoms with Crippen molar-refractivity contribution in [3.63, 3.8) is 0 Å². The lowest BCUT2D eigenvalue weighted by molar-refractivity contribution is 0.317. The summed E-state index contributed by atoms with van der Waals surface area (Å²) in [7, 11) is 1.73. The van der Waals surface area contributed by atoms with E-state index in [0.29, 0.717) is 6.04 Å². The minimum atomic E-state index is 0.615. The Kier molecular flexibility index (Phi) is 3.94. The van der Waals surface area contributed by atoms with Crippen LogP contribution in [-0.4, -0.2) is 42.2 Å². The first-order chi connectivity index (χ1) is 9.69. The normalized spacial score (nSPS) is 23.2. The van der Waals surface area contributed by atoms with Gasteiger partial charge >= 0.3 is 0 Å². The van der Waals surface area contributed by atoms with E-state index in [-0.39, 0.29) is 0 Å². The van der Waals surface area contributed by atoms with Gasteiger partial charge in [-0.25, -0.2) is 0 Å². The number of rotatable bonds is 5. The van der Waals surface area contributed by atoms with Crippen molar-refractivity contribution in [3.05, 3.63) is 23.0 Å². The fourth-order valence-electron chi connectivity index (χ4n) is 3.22. The van der Waals surface area contributed by atoms with Crippen molar-refractivity contribution in [2.45, 2.75) is 51.7 Å². The Hall–Kier alpha value is -1.13. The molecule has 1 aromatic heterocycles. The summed E-state index contributed by atoms with van der Waals surface area (Å²) in [5, 5.41) is 3.66. The lowest BCUT2D eigenvalue weighted by Gasteiger charge is -2.17. The fourth-order valence-corrected chi connectivity index (χ4v) is 3.22. The largest absolute Gasteiger partial charge is 0.496 e. The number of nitrogens with zero attached hydrogens (tertiary/aromatic N) is 2. The molecule has 2 aliphatic rings. The number of ether oxygens (including phenoxy) is 1. The number of hydrogen-bond acceptors (Lipinski definition) is 4. The van der Waals surface area contributed by atoms with Crippen molar-refractivity contribution >= 4 is 0 Å². The number of aryl methyl sites for hydroxylation is 1. The Morgan fingerprint density at radius 3 is 2.85 bits per heavy atom. The van der Waals surface area contributed by atoms with E-state index in [1.165, 1.54) is 32.4 Å². The number of pyridine rings is 1. The molecule has 1 aliphatic carbocycles. The van der Waals surface area contributed by atoms with Crippen LogP contribution in [0.3, 0.4) is 0 Å². The van der Waals surface area contributed by atoms with Gasteiger partial charge in [0.05, 0.1) is 12.8 Å². The highest BCUT2D eigenvalue weighted by atomic mass is 16.5. The molecule has 1 saturated heterocycles. The van der Waals surface area contributed by atoms with Gasteiger partial charge in [-0.2, -0.15) is 0 Å². The molecule has 1 atom stereocenters. The zero-order chi connectivity index (χ0) is 14.1. The Balaban J connectivity index is 1.58. The first-order valence-electron chi connectivity index (χ1n) is 7.65. The van der Waals surface area contributed by atoms with E-state index in [2.05, 4.69) is 22.1 Å². The molecule has 0 amide bonds. The van der Waals surface area contributed by atoms with E-state index in [0.717, 1.165) is 35.2 Å². The molecular formula is C16H25N3O. The van der Waals surface area contributed by atoms with Crippen LogP contribution >= 0.6 is 0 Å². The van der Waals surface area contributed by atoms with E-state index in [4.69, 9.17) is 4.74 Å². The average molecular weight is 275 g/mol. The molecule has 1 aliphatic heterocycles. The predicted octanol–water partition coefficient (Wildman–Crippen LogP) is 2.03. The summed E-state index contributed by atoms with van der Waals surface area (Å²) in [6.07, 6.45) is 5.98. The smallest absolute Gasteiger partial charge is 0.128 e. The van der Waals surface area contributed by atoms with E-state index >= 15 is 0 Å². The summed E-state index contributed by atoms with van der Waals surface area (Å²) in [5.41, 5.74) is 3.38. The quantitative estimate of drug-likeness (QED) is 0.892. The van der Waals surface area contributed by atoms with Crippen molar-refractivity contribution < 1.29 is 4.74 Å². The molecule has 2 heterocycles. The van der Waals surface area contributed by atoms with Crippen molar-refractivity contribution in [2.24, 2.45) is 0 Å². The van der Waals surface area contributed by atoms with E-state index in [9.17, 15) is 0 Å². The molecule has 1 aromatic rings. The molecule has 1 N–H and O–H groups in total. The Bertz CT molecular complexity index is 485. The zero-order valence-electron chi connectivity index (χ0n) is 12.8. The van der Waals surface area contributed by atoms with Crippen molar-refractivity contribution in [3.8, 4) is 5.75 Å². The Labute approximate surface area is 121 Å². The van der Waals surface area contributed by atoms with Crippen molar-refractivity contribution in [1.82, 2.24) is 15.2 Å². The van der Waals surface area contributed by atoms with Crippen molar-refractivity contribution in [1.29, 1.82) is 0 Å². The molecule has 3 rings (SSSR count). The van der Waals surface area contributed by atoms with Gasteiger partial charge in [0.25, 0.3) is 0 Å². The van der Waals surface area contributed by atoms with Gasteiger partial charge in [-0.3, -0.25) is 9.88 Å². The maximum atomic E-state index is 5.47. The number of methoxy groups -OCH3 is 1. The third-order valence-electron chi connectivity index (χ3n) is 4.59. The number of likely N-dealkylation sites (tertiary alicyclic amines) is 1. The molecule has 0 spiro atoms. The highest BCUT2D eigenvalue weighted by molar-refractivity contribution is 5.41. The van der Waals surface area contributed by atoms with Gasteiger partial charge in [0.2, 0.25) is 0 Å². The topological polar surface area (TPSA) is 37.4 Å². The van der Waals surface area contributed by atoms with Crippen LogP contribution in [0.25, 0.3) is 0 Å². The molecule has 20 heavy (non-hydrogen) atoms. The maximum Gasteiger partial charge on any atom is 0.128 e. The molecule has 1 unspecified atom stereocenters. The molecule has 0 aromatic carbocycles. The van der Waals surface area contributed by atoms with Gasteiger partial charge in [-0.15, -0.1) is 0 Å². The second kappa shape index (κ2) is 5.70. The van der Waals surface area contributed by atoms with Crippen LogP contribution in [0.5, 0.6) is 5.75 Å². The average Bonchev–Trinajstić information content (AvgIpc) is 3.18. The summed E-state index contributed by atoms with van der Waals surface area (Å²) in [5.74, 6) is 0.975. The van der Waals surface area contributed by atoms with E-state index in [1.54, 1.807) is 7.11 Å². The maximum absolute atomic E-state index is 5.47. The third-order valence-corrected chi connectivity index (χ3v) is 4.59. The summed E-state index contributed by atoms with van der Waals surface area (Å²) in [4.78, 5) is 7.19. The number of nitrogens with one attached hydrogen (secondary N) is 1. The molecule has 0 bridgehead atoms. The lowest BCUT2D eigenvalue weighted by Crippen LogP contribution is -2.33. The van der Waals surface area contributed by atoms with Crippen LogP contribution in [0.2, 0.25) is 0 Å². The SMILES string of the molecule is COc1c(C)cnc(CNC2CCN(C3CC3)C2)c1C. The molecule has 4 heteroatoms. The monoisotopic (exact) mass is 275 g/mol. The van der Waals surface area contributed by atoms with Crippen LogP contribution in [0.1, 0.15) is 36.1 Å². The summed E-state index contributed by atoms with van der Waals surface area (Å²) in [6, 6.07) is 1.50. The highest BCUT2D eigenvalue weighted by Gasteiger charge is 2.34. The summed E-state index contributed by atoms with van der Waals surface area (Å²) < 4.78 is 5.47. The number of aromatic nitrogens is 1. The summed E-state index contributed by atoms with van der Waals surface area (Å²) >= 11 is 0. The standard InChI is InChI=1S/C16H25N3O/c1-11-8-18-15(12(2)16(11)20-3)9-17-13-6-7-19(10-13)14-4-5-14/h8,13-14,17H,4-7,9-10H2,1-3H3. The van der Waals surface area contributed by atoms with Crippen LogP contribution < -0.4 is 10.1 Å². The second-order valence-corrected chi connectivity index (χ2v) is 6.14.